The highest BCUT2D eigenvalue weighted by atomic mass is 32.2. The Kier molecular flexibility index (Phi) is 5.87. The Labute approximate surface area is 105 Å². The molecule has 3 nitrogen and oxygen atoms in total. The van der Waals surface area contributed by atoms with Crippen LogP contribution in [-0.4, -0.2) is 23.7 Å². The molecule has 5 heteroatoms. The second-order valence-electron chi connectivity index (χ2n) is 3.85. The first-order valence-corrected chi connectivity index (χ1v) is 7.17. The van der Waals surface area contributed by atoms with E-state index < -0.39 is 0 Å². The van der Waals surface area contributed by atoms with E-state index in [4.69, 9.17) is 5.73 Å². The molecule has 0 spiro atoms. The van der Waals surface area contributed by atoms with E-state index in [0.29, 0.717) is 0 Å². The van der Waals surface area contributed by atoms with Crippen LogP contribution in [-0.2, 0) is 4.79 Å². The molecule has 0 saturated carbocycles. The number of hydrogen-bond donors (Lipinski definition) is 2. The van der Waals surface area contributed by atoms with E-state index in [9.17, 15) is 4.79 Å². The number of thioether (sulfide) groups is 1. The van der Waals surface area contributed by atoms with Crippen molar-refractivity contribution in [1.29, 1.82) is 0 Å². The van der Waals surface area contributed by atoms with Crippen molar-refractivity contribution in [1.82, 2.24) is 5.32 Å². The van der Waals surface area contributed by atoms with Crippen LogP contribution >= 0.6 is 23.1 Å². The molecule has 90 valence electrons. The standard InChI is InChI=1S/C11H18N2OS2/c1-8(2)13-9(11(12)14)5-7-16-10-4-3-6-15-10/h3-4,6,8-9,13H,5,7H2,1-2H3,(H2,12,14). The molecule has 0 aliphatic heterocycles. The quantitative estimate of drug-likeness (QED) is 0.736. The zero-order valence-corrected chi connectivity index (χ0v) is 11.2. The third-order valence-corrected chi connectivity index (χ3v) is 4.19. The summed E-state index contributed by atoms with van der Waals surface area (Å²) >= 11 is 3.49. The Morgan fingerprint density at radius 1 is 1.62 bits per heavy atom. The third kappa shape index (κ3) is 5.01. The van der Waals surface area contributed by atoms with E-state index in [1.807, 2.05) is 19.9 Å². The lowest BCUT2D eigenvalue weighted by atomic mass is 10.2. The van der Waals surface area contributed by atoms with Gasteiger partial charge in [0.1, 0.15) is 0 Å². The van der Waals surface area contributed by atoms with E-state index >= 15 is 0 Å². The van der Waals surface area contributed by atoms with Crippen LogP contribution in [0.1, 0.15) is 20.3 Å². The molecule has 16 heavy (non-hydrogen) atoms. The van der Waals surface area contributed by atoms with Crippen LogP contribution in [0.15, 0.2) is 21.7 Å². The SMILES string of the molecule is CC(C)NC(CCSc1cccs1)C(N)=O. The average Bonchev–Trinajstić information content (AvgIpc) is 2.68. The van der Waals surface area contributed by atoms with Gasteiger partial charge in [0.15, 0.2) is 0 Å². The fourth-order valence-electron chi connectivity index (χ4n) is 1.33. The number of thiophene rings is 1. The van der Waals surface area contributed by atoms with Crippen molar-refractivity contribution in [3.63, 3.8) is 0 Å². The van der Waals surface area contributed by atoms with E-state index in [2.05, 4.69) is 16.8 Å². The average molecular weight is 258 g/mol. The summed E-state index contributed by atoms with van der Waals surface area (Å²) in [6.07, 6.45) is 0.774. The normalized spacial score (nSPS) is 12.9. The maximum absolute atomic E-state index is 11.2. The van der Waals surface area contributed by atoms with Crippen LogP contribution in [0.3, 0.4) is 0 Å². The maximum Gasteiger partial charge on any atom is 0.234 e. The number of rotatable bonds is 7. The number of carbonyl (C=O) groups excluding carboxylic acids is 1. The largest absolute Gasteiger partial charge is 0.368 e. The van der Waals surface area contributed by atoms with E-state index in [-0.39, 0.29) is 18.0 Å². The summed E-state index contributed by atoms with van der Waals surface area (Å²) in [5, 5.41) is 5.23. The predicted octanol–water partition coefficient (Wildman–Crippen LogP) is 2.08. The third-order valence-electron chi connectivity index (χ3n) is 2.02. The minimum absolute atomic E-state index is 0.215. The number of nitrogens with one attached hydrogen (secondary N) is 1. The van der Waals surface area contributed by atoms with Crippen molar-refractivity contribution in [2.75, 3.05) is 5.75 Å². The number of amides is 1. The van der Waals surface area contributed by atoms with E-state index in [1.54, 1.807) is 23.1 Å². The highest BCUT2D eigenvalue weighted by Crippen LogP contribution is 2.24. The molecule has 0 saturated heterocycles. The molecule has 3 N–H and O–H groups in total. The first kappa shape index (κ1) is 13.5. The van der Waals surface area contributed by atoms with Gasteiger partial charge in [-0.3, -0.25) is 4.79 Å². The van der Waals surface area contributed by atoms with Gasteiger partial charge in [0.2, 0.25) is 5.91 Å². The molecule has 0 aliphatic carbocycles. The van der Waals surface area contributed by atoms with Gasteiger partial charge in [-0.25, -0.2) is 0 Å². The van der Waals surface area contributed by atoms with Crippen LogP contribution in [0.25, 0.3) is 0 Å². The molecule has 1 atom stereocenters. The minimum Gasteiger partial charge on any atom is -0.368 e. The Hall–Kier alpha value is -0.520. The molecule has 1 unspecified atom stereocenters. The molecule has 0 radical (unpaired) electrons. The van der Waals surface area contributed by atoms with Crippen LogP contribution in [0.2, 0.25) is 0 Å². The van der Waals surface area contributed by atoms with Gasteiger partial charge in [-0.15, -0.1) is 23.1 Å². The fourth-order valence-corrected chi connectivity index (χ4v) is 3.20. The second-order valence-corrected chi connectivity index (χ2v) is 6.19. The van der Waals surface area contributed by atoms with Crippen molar-refractivity contribution in [2.24, 2.45) is 5.73 Å². The van der Waals surface area contributed by atoms with Crippen molar-refractivity contribution < 1.29 is 4.79 Å². The van der Waals surface area contributed by atoms with Crippen molar-refractivity contribution in [2.45, 2.75) is 36.6 Å². The van der Waals surface area contributed by atoms with Crippen LogP contribution in [0.5, 0.6) is 0 Å². The summed E-state index contributed by atoms with van der Waals surface area (Å²) in [6, 6.07) is 4.19. The van der Waals surface area contributed by atoms with Crippen LogP contribution in [0, 0.1) is 0 Å². The second kappa shape index (κ2) is 6.93. The number of carbonyl (C=O) groups is 1. The zero-order valence-electron chi connectivity index (χ0n) is 9.60. The summed E-state index contributed by atoms with van der Waals surface area (Å²) in [7, 11) is 0. The summed E-state index contributed by atoms with van der Waals surface area (Å²) in [6.45, 7) is 4.03. The number of primary amides is 1. The van der Waals surface area contributed by atoms with Crippen LogP contribution in [0.4, 0.5) is 0 Å². The number of hydrogen-bond acceptors (Lipinski definition) is 4. The monoisotopic (exact) mass is 258 g/mol. The van der Waals surface area contributed by atoms with Gasteiger partial charge in [-0.05, 0) is 17.9 Å². The Bertz CT molecular complexity index is 312. The molecule has 1 heterocycles. The topological polar surface area (TPSA) is 55.1 Å². The van der Waals surface area contributed by atoms with Gasteiger partial charge in [0.05, 0.1) is 10.3 Å². The minimum atomic E-state index is -0.263. The van der Waals surface area contributed by atoms with Gasteiger partial charge in [-0.1, -0.05) is 19.9 Å². The lowest BCUT2D eigenvalue weighted by Gasteiger charge is -2.17. The first-order chi connectivity index (χ1) is 7.59. The van der Waals surface area contributed by atoms with Gasteiger partial charge < -0.3 is 11.1 Å². The Morgan fingerprint density at radius 3 is 2.88 bits per heavy atom. The molecular weight excluding hydrogens is 240 g/mol. The van der Waals surface area contributed by atoms with Gasteiger partial charge in [0.25, 0.3) is 0 Å². The Morgan fingerprint density at radius 2 is 2.38 bits per heavy atom. The summed E-state index contributed by atoms with van der Waals surface area (Å²) in [4.78, 5) is 11.2. The molecule has 1 aromatic heterocycles. The molecule has 0 aromatic carbocycles. The molecular formula is C11H18N2OS2. The molecule has 0 aliphatic rings. The fraction of sp³-hybridized carbons (Fsp3) is 0.545. The molecule has 1 rings (SSSR count). The summed E-state index contributed by atoms with van der Waals surface area (Å²) in [5.74, 6) is 0.647. The van der Waals surface area contributed by atoms with Gasteiger partial charge >= 0.3 is 0 Å². The summed E-state index contributed by atoms with van der Waals surface area (Å²) < 4.78 is 1.28. The zero-order chi connectivity index (χ0) is 12.0. The van der Waals surface area contributed by atoms with Crippen molar-refractivity contribution in [3.8, 4) is 0 Å². The highest BCUT2D eigenvalue weighted by Gasteiger charge is 2.15. The van der Waals surface area contributed by atoms with E-state index in [1.165, 1.54) is 4.21 Å². The van der Waals surface area contributed by atoms with Crippen molar-refractivity contribution >= 4 is 29.0 Å². The van der Waals surface area contributed by atoms with Crippen LogP contribution < -0.4 is 11.1 Å². The van der Waals surface area contributed by atoms with E-state index in [0.717, 1.165) is 12.2 Å². The molecule has 1 amide bonds. The van der Waals surface area contributed by atoms with Gasteiger partial charge in [-0.2, -0.15) is 0 Å². The van der Waals surface area contributed by atoms with Crippen molar-refractivity contribution in [3.05, 3.63) is 17.5 Å². The lowest BCUT2D eigenvalue weighted by molar-refractivity contribution is -0.120. The molecule has 0 bridgehead atoms. The number of nitrogens with two attached hydrogens (primary N) is 1. The summed E-state index contributed by atoms with van der Waals surface area (Å²) in [5.41, 5.74) is 5.34. The maximum atomic E-state index is 11.2. The lowest BCUT2D eigenvalue weighted by Crippen LogP contribution is -2.44. The predicted molar refractivity (Wildman–Crippen MR) is 70.9 cm³/mol. The first-order valence-electron chi connectivity index (χ1n) is 5.31. The van der Waals surface area contributed by atoms with Gasteiger partial charge in [0, 0.05) is 11.8 Å². The Balaban J connectivity index is 2.30. The molecule has 0 fully saturated rings. The molecule has 1 aromatic rings. The smallest absolute Gasteiger partial charge is 0.234 e. The highest BCUT2D eigenvalue weighted by molar-refractivity contribution is 8.01.